The predicted molar refractivity (Wildman–Crippen MR) is 202 cm³/mol. The first-order valence-electron chi connectivity index (χ1n) is 19.1. The number of hydrogen-bond donors (Lipinski definition) is 1. The van der Waals surface area contributed by atoms with Crippen LogP contribution in [0.4, 0.5) is 23.4 Å². The highest BCUT2D eigenvalue weighted by Crippen LogP contribution is 2.44. The minimum Gasteiger partial charge on any atom is -0.508 e. The molecule has 294 valence electrons. The molecule has 56 heavy (non-hydrogen) atoms. The Hall–Kier alpha value is -4.73. The van der Waals surface area contributed by atoms with E-state index in [1.54, 1.807) is 16.5 Å². The van der Waals surface area contributed by atoms with Crippen LogP contribution in [0, 0.1) is 17.5 Å². The molecule has 9 rings (SSSR count). The van der Waals surface area contributed by atoms with Gasteiger partial charge in [0.2, 0.25) is 0 Å². The van der Waals surface area contributed by atoms with Crippen molar-refractivity contribution >= 4 is 45.0 Å². The first kappa shape index (κ1) is 36.9. The summed E-state index contributed by atoms with van der Waals surface area (Å²) < 4.78 is 77.1. The van der Waals surface area contributed by atoms with Crippen molar-refractivity contribution in [1.29, 1.82) is 0 Å². The Morgan fingerprint density at radius 3 is 2.68 bits per heavy atom. The average molecular weight is 794 g/mol. The number of benzene rings is 3. The summed E-state index contributed by atoms with van der Waals surface area (Å²) in [6, 6.07) is 6.34. The number of alkyl halides is 1. The van der Waals surface area contributed by atoms with Crippen LogP contribution in [0.25, 0.3) is 32.8 Å². The van der Waals surface area contributed by atoms with Gasteiger partial charge in [0.05, 0.1) is 41.6 Å². The number of ether oxygens (including phenoxy) is 2. The van der Waals surface area contributed by atoms with Gasteiger partial charge in [-0.05, 0) is 78.4 Å². The molecule has 3 fully saturated rings. The Labute approximate surface area is 324 Å². The topological polar surface area (TPSA) is 109 Å². The second-order valence-corrected chi connectivity index (χ2v) is 15.5. The maximum Gasteiger partial charge on any atom is 0.319 e. The molecule has 3 saturated heterocycles. The Bertz CT molecular complexity index is 2390. The van der Waals surface area contributed by atoms with E-state index in [1.165, 1.54) is 24.3 Å². The molecule has 11 nitrogen and oxygen atoms in total. The number of aromatic hydroxyl groups is 1. The maximum atomic E-state index is 17.3. The number of hydrogen-bond acceptors (Lipinski definition) is 9. The minimum atomic E-state index is -1.05. The van der Waals surface area contributed by atoms with Crippen LogP contribution in [0.3, 0.4) is 0 Å². The second-order valence-electron chi connectivity index (χ2n) is 15.1. The molecule has 0 spiro atoms. The molecule has 4 aliphatic heterocycles. The molecule has 0 bridgehead atoms. The van der Waals surface area contributed by atoms with Gasteiger partial charge in [-0.1, -0.05) is 24.6 Å². The molecule has 4 aliphatic rings. The molecule has 0 aliphatic carbocycles. The lowest BCUT2D eigenvalue weighted by Gasteiger charge is -2.31. The van der Waals surface area contributed by atoms with Gasteiger partial charge in [-0.15, -0.1) is 0 Å². The predicted octanol–water partition coefficient (Wildman–Crippen LogP) is 6.82. The lowest BCUT2D eigenvalue weighted by Crippen LogP contribution is -2.43. The Morgan fingerprint density at radius 2 is 1.88 bits per heavy atom. The van der Waals surface area contributed by atoms with Crippen LogP contribution in [0.5, 0.6) is 11.8 Å². The molecule has 0 saturated carbocycles. The van der Waals surface area contributed by atoms with Gasteiger partial charge < -0.3 is 24.4 Å². The first-order chi connectivity index (χ1) is 27.0. The monoisotopic (exact) mass is 793 g/mol. The summed E-state index contributed by atoms with van der Waals surface area (Å²) in [5.41, 5.74) is -0.432. The number of anilines is 1. The highest BCUT2D eigenvalue weighted by molar-refractivity contribution is 6.34. The van der Waals surface area contributed by atoms with Gasteiger partial charge >= 0.3 is 6.01 Å². The lowest BCUT2D eigenvalue weighted by atomic mass is 9.91. The Kier molecular flexibility index (Phi) is 9.44. The van der Waals surface area contributed by atoms with E-state index in [2.05, 4.69) is 15.0 Å². The number of aromatic nitrogens is 4. The van der Waals surface area contributed by atoms with E-state index in [-0.39, 0.29) is 87.6 Å². The summed E-state index contributed by atoms with van der Waals surface area (Å²) in [5, 5.41) is 16.2. The summed E-state index contributed by atoms with van der Waals surface area (Å²) >= 11 is 6.90. The fourth-order valence-electron chi connectivity index (χ4n) is 9.12. The van der Waals surface area contributed by atoms with E-state index >= 15 is 13.2 Å². The van der Waals surface area contributed by atoms with Gasteiger partial charge in [0, 0.05) is 44.5 Å². The molecule has 2 aromatic heterocycles. The molecule has 0 unspecified atom stereocenters. The van der Waals surface area contributed by atoms with Crippen molar-refractivity contribution in [1.82, 2.24) is 29.5 Å². The number of phenols is 1. The number of halogens is 5. The van der Waals surface area contributed by atoms with Crippen LogP contribution < -0.4 is 9.64 Å². The number of carbonyl (C=O) groups is 1. The minimum absolute atomic E-state index is 0.0285. The molecule has 1 N–H and O–H groups in total. The lowest BCUT2D eigenvalue weighted by molar-refractivity contribution is 0.0298. The van der Waals surface area contributed by atoms with Crippen molar-refractivity contribution in [2.75, 3.05) is 57.4 Å². The molecular weight excluding hydrogens is 754 g/mol. The highest BCUT2D eigenvalue weighted by atomic mass is 35.5. The van der Waals surface area contributed by atoms with E-state index in [9.17, 15) is 14.3 Å². The normalized spacial score (nSPS) is 21.5. The van der Waals surface area contributed by atoms with Crippen LogP contribution >= 0.6 is 11.6 Å². The molecule has 2 atom stereocenters. The largest absolute Gasteiger partial charge is 0.508 e. The van der Waals surface area contributed by atoms with E-state index < -0.39 is 34.7 Å². The standard InChI is InChI=1S/C40H40ClF4N7O4/c1-2-25-28(43)6-5-22-15-24(53)16-26(31(22)25)32-29(44)17-27-35(34(32)45)46-39(56-21-40-7-3-9-51(40)19-23(42)18-40)47-37(27)50-8-4-10-52-30(20-50)33(41)36(48-52)38(54)49-11-13-55-14-12-49/h5-6,15-17,23,53H,2-4,7-14,18-21H2,1H3/t23-,40+/m1/s1. The summed E-state index contributed by atoms with van der Waals surface area (Å²) in [5.74, 6) is -2.95. The SMILES string of the molecule is CCc1c(F)ccc2cc(O)cc(-c3c(F)cc4c(N5CCCn6nc(C(=O)N7CCOCC7)c(Cl)c6C5)nc(OC[C@@]56CCCN5C[C@H](F)C6)nc4c3F)c12. The average Bonchev–Trinajstić information content (AvgIpc) is 3.76. The number of rotatable bonds is 7. The number of aryl methyl sites for hydroxylation is 2. The van der Waals surface area contributed by atoms with Crippen LogP contribution in [0.2, 0.25) is 5.02 Å². The van der Waals surface area contributed by atoms with Gasteiger partial charge in [0.15, 0.2) is 11.5 Å². The van der Waals surface area contributed by atoms with Crippen LogP contribution in [-0.4, -0.2) is 105 Å². The van der Waals surface area contributed by atoms with E-state index in [1.807, 2.05) is 4.90 Å². The van der Waals surface area contributed by atoms with Crippen molar-refractivity contribution in [3.8, 4) is 22.9 Å². The van der Waals surface area contributed by atoms with Crippen molar-refractivity contribution < 1.29 is 36.9 Å². The highest BCUT2D eigenvalue weighted by Gasteiger charge is 2.49. The van der Waals surface area contributed by atoms with Crippen molar-refractivity contribution in [3.05, 3.63) is 69.8 Å². The summed E-state index contributed by atoms with van der Waals surface area (Å²) in [6.07, 6.45) is 1.65. The van der Waals surface area contributed by atoms with Crippen molar-refractivity contribution in [2.45, 2.75) is 63.8 Å². The zero-order valence-electron chi connectivity index (χ0n) is 30.8. The van der Waals surface area contributed by atoms with Gasteiger partial charge in [-0.2, -0.15) is 15.1 Å². The number of fused-ring (bicyclic) bond motifs is 4. The van der Waals surface area contributed by atoms with E-state index in [4.69, 9.17) is 26.1 Å². The van der Waals surface area contributed by atoms with Crippen LogP contribution in [0.15, 0.2) is 30.3 Å². The zero-order chi connectivity index (χ0) is 38.9. The number of phenolic OH excluding ortho intramolecular Hbond substituents is 1. The molecule has 1 amide bonds. The molecule has 16 heteroatoms. The summed E-state index contributed by atoms with van der Waals surface area (Å²) in [4.78, 5) is 28.3. The van der Waals surface area contributed by atoms with Gasteiger partial charge in [0.25, 0.3) is 5.91 Å². The summed E-state index contributed by atoms with van der Waals surface area (Å²) in [6.45, 7) is 5.39. The maximum absolute atomic E-state index is 17.3. The van der Waals surface area contributed by atoms with Crippen LogP contribution in [-0.2, 0) is 24.2 Å². The van der Waals surface area contributed by atoms with Gasteiger partial charge in [0.1, 0.15) is 41.5 Å². The number of morpholine rings is 1. The summed E-state index contributed by atoms with van der Waals surface area (Å²) in [7, 11) is 0. The number of nitrogens with zero attached hydrogens (tertiary/aromatic N) is 7. The molecule has 0 radical (unpaired) electrons. The Balaban J connectivity index is 1.18. The molecular formula is C40H40ClF4N7O4. The second kappa shape index (κ2) is 14.3. The molecule has 3 aromatic carbocycles. The molecule has 5 aromatic rings. The fourth-order valence-corrected chi connectivity index (χ4v) is 9.39. The first-order valence-corrected chi connectivity index (χ1v) is 19.5. The third-order valence-corrected chi connectivity index (χ3v) is 12.2. The third-order valence-electron chi connectivity index (χ3n) is 11.8. The third kappa shape index (κ3) is 6.18. The van der Waals surface area contributed by atoms with Crippen molar-refractivity contribution in [2.24, 2.45) is 0 Å². The smallest absolute Gasteiger partial charge is 0.319 e. The number of carbonyl (C=O) groups excluding carboxylic acids is 1. The fraction of sp³-hybridized carbons (Fsp3) is 0.450. The molecule has 6 heterocycles. The quantitative estimate of drug-likeness (QED) is 0.178. The van der Waals surface area contributed by atoms with Gasteiger partial charge in [-0.25, -0.2) is 17.6 Å². The van der Waals surface area contributed by atoms with E-state index in [0.29, 0.717) is 63.4 Å². The number of amides is 1. The Morgan fingerprint density at radius 1 is 1.05 bits per heavy atom. The zero-order valence-corrected chi connectivity index (χ0v) is 31.5. The van der Waals surface area contributed by atoms with Gasteiger partial charge in [-0.3, -0.25) is 14.4 Å². The van der Waals surface area contributed by atoms with Crippen molar-refractivity contribution in [3.63, 3.8) is 0 Å². The van der Waals surface area contributed by atoms with Crippen LogP contribution in [0.1, 0.15) is 54.4 Å². The van der Waals surface area contributed by atoms with E-state index in [0.717, 1.165) is 25.5 Å².